The van der Waals surface area contributed by atoms with E-state index in [1.807, 2.05) is 54.6 Å². The number of benzene rings is 3. The lowest BCUT2D eigenvalue weighted by atomic mass is 10.2. The highest BCUT2D eigenvalue weighted by Crippen LogP contribution is 2.32. The van der Waals surface area contributed by atoms with E-state index in [1.54, 1.807) is 0 Å². The third kappa shape index (κ3) is 7.30. The Morgan fingerprint density at radius 3 is 2.11 bits per heavy atom. The standard InChI is InChI=1S/C28H28N6O3S/c1-4-27(35)37-18-17-36-24-15-16-25-26(19-24)38-28(29-25)33-32-21-9-7-20(8-10-21)30-31-22-11-13-23(14-12-22)34(5-2)6-3/h4,7-16,19H,1,5-6,17-18H2,2-3H3. The van der Waals surface area contributed by atoms with Gasteiger partial charge in [-0.05, 0) is 80.6 Å². The van der Waals surface area contributed by atoms with E-state index >= 15 is 0 Å². The van der Waals surface area contributed by atoms with E-state index in [4.69, 9.17) is 9.47 Å². The fourth-order valence-electron chi connectivity index (χ4n) is 3.51. The smallest absolute Gasteiger partial charge is 0.330 e. The maximum atomic E-state index is 11.1. The first kappa shape index (κ1) is 26.6. The van der Waals surface area contributed by atoms with Gasteiger partial charge in [0.2, 0.25) is 5.13 Å². The van der Waals surface area contributed by atoms with Crippen molar-refractivity contribution in [1.82, 2.24) is 4.98 Å². The molecular formula is C28H28N6O3S. The minimum atomic E-state index is -0.475. The highest BCUT2D eigenvalue weighted by atomic mass is 32.1. The molecule has 194 valence electrons. The van der Waals surface area contributed by atoms with E-state index in [2.05, 4.69) is 62.9 Å². The number of fused-ring (bicyclic) bond motifs is 1. The zero-order valence-electron chi connectivity index (χ0n) is 21.3. The summed E-state index contributed by atoms with van der Waals surface area (Å²) in [5.74, 6) is 0.182. The van der Waals surface area contributed by atoms with Crippen LogP contribution in [-0.2, 0) is 9.53 Å². The van der Waals surface area contributed by atoms with Crippen molar-refractivity contribution >= 4 is 55.4 Å². The van der Waals surface area contributed by atoms with Crippen molar-refractivity contribution in [2.45, 2.75) is 13.8 Å². The molecule has 9 nitrogen and oxygen atoms in total. The second kappa shape index (κ2) is 13.2. The molecule has 4 aromatic rings. The van der Waals surface area contributed by atoms with Gasteiger partial charge in [-0.1, -0.05) is 17.9 Å². The van der Waals surface area contributed by atoms with Crippen LogP contribution in [0.2, 0.25) is 0 Å². The Morgan fingerprint density at radius 1 is 0.895 bits per heavy atom. The first-order valence-electron chi connectivity index (χ1n) is 12.2. The number of azo groups is 2. The van der Waals surface area contributed by atoms with Crippen LogP contribution in [0.1, 0.15) is 13.8 Å². The fourth-order valence-corrected chi connectivity index (χ4v) is 4.32. The molecule has 0 atom stereocenters. The lowest BCUT2D eigenvalue weighted by Crippen LogP contribution is -2.21. The van der Waals surface area contributed by atoms with Crippen LogP contribution in [0, 0.1) is 0 Å². The Hall–Kier alpha value is -4.44. The van der Waals surface area contributed by atoms with Crippen LogP contribution in [-0.4, -0.2) is 37.3 Å². The summed E-state index contributed by atoms with van der Waals surface area (Å²) < 4.78 is 11.4. The third-order valence-corrected chi connectivity index (χ3v) is 6.37. The maximum Gasteiger partial charge on any atom is 0.330 e. The molecule has 0 aliphatic carbocycles. The number of hydrogen-bond acceptors (Lipinski definition) is 10. The number of hydrogen-bond donors (Lipinski definition) is 0. The van der Waals surface area contributed by atoms with Gasteiger partial charge in [0.15, 0.2) is 0 Å². The van der Waals surface area contributed by atoms with Crippen LogP contribution in [0.4, 0.5) is 27.9 Å². The van der Waals surface area contributed by atoms with Crippen LogP contribution >= 0.6 is 11.3 Å². The predicted molar refractivity (Wildman–Crippen MR) is 151 cm³/mol. The molecule has 0 radical (unpaired) electrons. The number of thiazole rings is 1. The van der Waals surface area contributed by atoms with Crippen molar-refractivity contribution in [2.24, 2.45) is 20.5 Å². The Kier molecular flexibility index (Phi) is 9.25. The molecule has 0 spiro atoms. The summed E-state index contributed by atoms with van der Waals surface area (Å²) in [7, 11) is 0. The van der Waals surface area contributed by atoms with Gasteiger partial charge in [-0.15, -0.1) is 10.2 Å². The van der Waals surface area contributed by atoms with Gasteiger partial charge in [-0.2, -0.15) is 10.2 Å². The van der Waals surface area contributed by atoms with Gasteiger partial charge in [0, 0.05) is 24.9 Å². The molecule has 0 aliphatic rings. The average Bonchev–Trinajstić information content (AvgIpc) is 3.37. The van der Waals surface area contributed by atoms with Gasteiger partial charge < -0.3 is 14.4 Å². The first-order chi connectivity index (χ1) is 18.6. The molecule has 0 saturated heterocycles. The van der Waals surface area contributed by atoms with Crippen LogP contribution < -0.4 is 9.64 Å². The molecule has 4 rings (SSSR count). The van der Waals surface area contributed by atoms with Gasteiger partial charge in [0.1, 0.15) is 19.0 Å². The lowest BCUT2D eigenvalue weighted by Gasteiger charge is -2.20. The van der Waals surface area contributed by atoms with Crippen LogP contribution in [0.5, 0.6) is 5.75 Å². The Labute approximate surface area is 225 Å². The van der Waals surface area contributed by atoms with E-state index < -0.39 is 5.97 Å². The van der Waals surface area contributed by atoms with Crippen LogP contribution in [0.15, 0.2) is 99.8 Å². The average molecular weight is 529 g/mol. The van der Waals surface area contributed by atoms with Gasteiger partial charge in [-0.3, -0.25) is 0 Å². The second-order valence-electron chi connectivity index (χ2n) is 7.95. The maximum absolute atomic E-state index is 11.1. The number of carbonyl (C=O) groups excluding carboxylic acids is 1. The molecule has 38 heavy (non-hydrogen) atoms. The Bertz CT molecular complexity index is 1430. The highest BCUT2D eigenvalue weighted by Gasteiger charge is 2.06. The molecule has 1 aromatic heterocycles. The topological polar surface area (TPSA) is 101 Å². The normalized spacial score (nSPS) is 11.3. The second-order valence-corrected chi connectivity index (χ2v) is 8.96. The number of esters is 1. The molecule has 3 aromatic carbocycles. The van der Waals surface area contributed by atoms with E-state index in [0.717, 1.165) is 40.8 Å². The summed E-state index contributed by atoms with van der Waals surface area (Å²) in [6.45, 7) is 9.96. The van der Waals surface area contributed by atoms with Crippen LogP contribution in [0.25, 0.3) is 10.2 Å². The summed E-state index contributed by atoms with van der Waals surface area (Å²) in [4.78, 5) is 17.8. The summed E-state index contributed by atoms with van der Waals surface area (Å²) in [5.41, 5.74) is 4.18. The summed E-state index contributed by atoms with van der Waals surface area (Å²) in [5, 5.41) is 17.7. The number of aromatic nitrogens is 1. The van der Waals surface area contributed by atoms with Crippen molar-refractivity contribution in [1.29, 1.82) is 0 Å². The van der Waals surface area contributed by atoms with Gasteiger partial charge in [-0.25, -0.2) is 9.78 Å². The zero-order chi connectivity index (χ0) is 26.7. The first-order valence-corrected chi connectivity index (χ1v) is 13.0. The van der Waals surface area contributed by atoms with E-state index in [0.29, 0.717) is 16.6 Å². The van der Waals surface area contributed by atoms with Crippen molar-refractivity contribution < 1.29 is 14.3 Å². The summed E-state index contributed by atoms with van der Waals surface area (Å²) in [6, 6.07) is 20.9. The SMILES string of the molecule is C=CC(=O)OCCOc1ccc2nc(N=Nc3ccc(N=Nc4ccc(N(CC)CC)cc4)cc3)sc2c1. The lowest BCUT2D eigenvalue weighted by molar-refractivity contribution is -0.138. The van der Waals surface area contributed by atoms with Gasteiger partial charge in [0.25, 0.3) is 0 Å². The largest absolute Gasteiger partial charge is 0.490 e. The molecule has 0 unspecified atom stereocenters. The quantitative estimate of drug-likeness (QED) is 0.0800. The number of ether oxygens (including phenoxy) is 2. The monoisotopic (exact) mass is 528 g/mol. The van der Waals surface area contributed by atoms with Crippen molar-refractivity contribution in [3.63, 3.8) is 0 Å². The molecular weight excluding hydrogens is 500 g/mol. The van der Waals surface area contributed by atoms with Crippen molar-refractivity contribution in [3.8, 4) is 5.75 Å². The molecule has 1 heterocycles. The number of nitrogens with zero attached hydrogens (tertiary/aromatic N) is 6. The molecule has 10 heteroatoms. The zero-order valence-corrected chi connectivity index (χ0v) is 22.1. The fraction of sp³-hybridized carbons (Fsp3) is 0.214. The van der Waals surface area contributed by atoms with Crippen molar-refractivity contribution in [2.75, 3.05) is 31.2 Å². The number of rotatable bonds is 12. The molecule has 0 amide bonds. The van der Waals surface area contributed by atoms with Crippen molar-refractivity contribution in [3.05, 3.63) is 79.4 Å². The van der Waals surface area contributed by atoms with E-state index in [-0.39, 0.29) is 13.2 Å². The molecule has 0 N–H and O–H groups in total. The van der Waals surface area contributed by atoms with E-state index in [9.17, 15) is 4.79 Å². The number of anilines is 1. The van der Waals surface area contributed by atoms with Crippen LogP contribution in [0.3, 0.4) is 0 Å². The predicted octanol–water partition coefficient (Wildman–Crippen LogP) is 8.08. The molecule has 0 bridgehead atoms. The van der Waals surface area contributed by atoms with Gasteiger partial charge >= 0.3 is 5.97 Å². The van der Waals surface area contributed by atoms with Gasteiger partial charge in [0.05, 0.1) is 27.3 Å². The minimum Gasteiger partial charge on any atom is -0.490 e. The summed E-state index contributed by atoms with van der Waals surface area (Å²) >= 11 is 1.41. The third-order valence-electron chi connectivity index (χ3n) is 5.47. The molecule has 0 fully saturated rings. The van der Waals surface area contributed by atoms with E-state index in [1.165, 1.54) is 17.0 Å². The molecule has 0 aliphatic heterocycles. The minimum absolute atomic E-state index is 0.148. The highest BCUT2D eigenvalue weighted by molar-refractivity contribution is 7.21. The Morgan fingerprint density at radius 2 is 1.50 bits per heavy atom. The molecule has 0 saturated carbocycles. The summed E-state index contributed by atoms with van der Waals surface area (Å²) in [6.07, 6.45) is 1.12. The number of carbonyl (C=O) groups is 1. The Balaban J connectivity index is 1.33.